The molecule has 0 aliphatic rings. The number of sulfonamides is 1. The van der Waals surface area contributed by atoms with Crippen molar-refractivity contribution in [3.8, 4) is 5.75 Å². The minimum atomic E-state index is -3.75. The third-order valence-corrected chi connectivity index (χ3v) is 6.44. The molecular weight excluding hydrogens is 364 g/mol. The third-order valence-electron chi connectivity index (χ3n) is 4.37. The van der Waals surface area contributed by atoms with Gasteiger partial charge in [-0.2, -0.15) is 4.31 Å². The zero-order valence-electron chi connectivity index (χ0n) is 16.2. The van der Waals surface area contributed by atoms with Gasteiger partial charge in [0.05, 0.1) is 7.11 Å². The van der Waals surface area contributed by atoms with Gasteiger partial charge >= 0.3 is 0 Å². The van der Waals surface area contributed by atoms with Crippen LogP contribution in [0, 0.1) is 0 Å². The first-order chi connectivity index (χ1) is 12.9. The van der Waals surface area contributed by atoms with E-state index in [1.54, 1.807) is 19.9 Å². The van der Waals surface area contributed by atoms with Crippen LogP contribution in [0.2, 0.25) is 0 Å². The van der Waals surface area contributed by atoms with E-state index in [9.17, 15) is 13.2 Å². The predicted molar refractivity (Wildman–Crippen MR) is 107 cm³/mol. The summed E-state index contributed by atoms with van der Waals surface area (Å²) in [4.78, 5) is 12.6. The summed E-state index contributed by atoms with van der Waals surface area (Å²) in [5.41, 5.74) is 2.08. The van der Waals surface area contributed by atoms with Crippen LogP contribution in [0.4, 0.5) is 5.69 Å². The summed E-state index contributed by atoms with van der Waals surface area (Å²) in [5, 5.41) is 2.79. The maximum absolute atomic E-state index is 12.9. The van der Waals surface area contributed by atoms with Crippen molar-refractivity contribution in [3.63, 3.8) is 0 Å². The number of anilines is 1. The molecule has 0 saturated heterocycles. The number of nitrogens with zero attached hydrogens (tertiary/aromatic N) is 1. The van der Waals surface area contributed by atoms with Crippen LogP contribution in [0.1, 0.15) is 36.7 Å². The first-order valence-corrected chi connectivity index (χ1v) is 10.4. The molecule has 1 amide bonds. The highest BCUT2D eigenvalue weighted by molar-refractivity contribution is 7.89. The third kappa shape index (κ3) is 4.67. The van der Waals surface area contributed by atoms with Gasteiger partial charge in [0.2, 0.25) is 10.0 Å². The highest BCUT2D eigenvalue weighted by Gasteiger charge is 2.26. The van der Waals surface area contributed by atoms with Crippen LogP contribution < -0.4 is 10.1 Å². The van der Waals surface area contributed by atoms with Gasteiger partial charge in [0.1, 0.15) is 10.6 Å². The monoisotopic (exact) mass is 390 g/mol. The number of carbonyl (C=O) groups excluding carboxylic acids is 1. The molecule has 1 N–H and O–H groups in total. The van der Waals surface area contributed by atoms with E-state index in [2.05, 4.69) is 12.2 Å². The molecule has 0 aromatic heterocycles. The Morgan fingerprint density at radius 3 is 2.19 bits per heavy atom. The molecule has 0 atom stereocenters. The largest absolute Gasteiger partial charge is 0.495 e. The van der Waals surface area contributed by atoms with Gasteiger partial charge in [-0.1, -0.05) is 32.9 Å². The number of amides is 1. The number of ether oxygens (including phenoxy) is 1. The quantitative estimate of drug-likeness (QED) is 0.748. The second-order valence-corrected chi connectivity index (χ2v) is 7.87. The first kappa shape index (κ1) is 20.9. The van der Waals surface area contributed by atoms with Gasteiger partial charge < -0.3 is 10.1 Å². The number of methoxy groups -OCH3 is 1. The van der Waals surface area contributed by atoms with Crippen molar-refractivity contribution in [1.82, 2.24) is 4.31 Å². The van der Waals surface area contributed by atoms with Gasteiger partial charge in [-0.25, -0.2) is 8.42 Å². The number of nitrogens with one attached hydrogen (secondary N) is 1. The number of aryl methyl sites for hydroxylation is 1. The second kappa shape index (κ2) is 9.01. The van der Waals surface area contributed by atoms with Crippen molar-refractivity contribution in [2.45, 2.75) is 32.1 Å². The molecule has 2 aromatic carbocycles. The van der Waals surface area contributed by atoms with Crippen molar-refractivity contribution in [3.05, 3.63) is 53.6 Å². The Kier molecular flexibility index (Phi) is 6.98. The molecule has 0 radical (unpaired) electrons. The van der Waals surface area contributed by atoms with E-state index in [0.717, 1.165) is 6.42 Å². The van der Waals surface area contributed by atoms with E-state index >= 15 is 0 Å². The lowest BCUT2D eigenvalue weighted by Gasteiger charge is -2.20. The van der Waals surface area contributed by atoms with E-state index in [4.69, 9.17) is 4.74 Å². The molecule has 0 heterocycles. The predicted octanol–water partition coefficient (Wildman–Crippen LogP) is 3.54. The Hall–Kier alpha value is -2.38. The number of hydrogen-bond acceptors (Lipinski definition) is 4. The van der Waals surface area contributed by atoms with Gasteiger partial charge in [0.25, 0.3) is 5.91 Å². The maximum Gasteiger partial charge on any atom is 0.255 e. The average molecular weight is 391 g/mol. The summed E-state index contributed by atoms with van der Waals surface area (Å²) in [6, 6.07) is 12.0. The molecule has 2 rings (SSSR count). The van der Waals surface area contributed by atoms with Crippen LogP contribution >= 0.6 is 0 Å². The molecule has 0 aliphatic heterocycles. The fraction of sp³-hybridized carbons (Fsp3) is 0.350. The van der Waals surface area contributed by atoms with Crippen molar-refractivity contribution >= 4 is 21.6 Å². The summed E-state index contributed by atoms with van der Waals surface area (Å²) in [6.07, 6.45) is 0.916. The Balaban J connectivity index is 2.36. The molecule has 0 saturated carbocycles. The number of hydrogen-bond donors (Lipinski definition) is 1. The van der Waals surface area contributed by atoms with E-state index in [1.165, 1.54) is 29.1 Å². The number of carbonyl (C=O) groups is 1. The van der Waals surface area contributed by atoms with E-state index in [-0.39, 0.29) is 22.1 Å². The summed E-state index contributed by atoms with van der Waals surface area (Å²) >= 11 is 0. The normalized spacial score (nSPS) is 11.4. The molecule has 27 heavy (non-hydrogen) atoms. The molecule has 6 nitrogen and oxygen atoms in total. The fourth-order valence-electron chi connectivity index (χ4n) is 2.75. The Labute approximate surface area is 161 Å². The average Bonchev–Trinajstić information content (AvgIpc) is 2.68. The lowest BCUT2D eigenvalue weighted by molar-refractivity contribution is 0.102. The summed E-state index contributed by atoms with van der Waals surface area (Å²) in [7, 11) is -2.35. The van der Waals surface area contributed by atoms with E-state index < -0.39 is 10.0 Å². The van der Waals surface area contributed by atoms with Crippen LogP contribution in [-0.2, 0) is 16.4 Å². The van der Waals surface area contributed by atoms with Crippen LogP contribution in [-0.4, -0.2) is 38.8 Å². The van der Waals surface area contributed by atoms with Gasteiger partial charge in [0, 0.05) is 24.3 Å². The highest BCUT2D eigenvalue weighted by Crippen LogP contribution is 2.28. The Bertz CT molecular complexity index is 889. The lowest BCUT2D eigenvalue weighted by atomic mass is 10.1. The lowest BCUT2D eigenvalue weighted by Crippen LogP contribution is -2.31. The standard InChI is InChI=1S/C20H26N2O4S/c1-5-15-8-11-17(12-9-15)21-20(23)16-10-13-18(26-4)19(14-16)27(24,25)22(6-2)7-3/h8-14H,5-7H2,1-4H3,(H,21,23). The summed E-state index contributed by atoms with van der Waals surface area (Å²) < 4.78 is 32.3. The van der Waals surface area contributed by atoms with Crippen molar-refractivity contribution in [2.75, 3.05) is 25.5 Å². The molecule has 146 valence electrons. The van der Waals surface area contributed by atoms with Crippen molar-refractivity contribution in [1.29, 1.82) is 0 Å². The van der Waals surface area contributed by atoms with Crippen LogP contribution in [0.15, 0.2) is 47.4 Å². The van der Waals surface area contributed by atoms with Crippen LogP contribution in [0.3, 0.4) is 0 Å². The molecule has 7 heteroatoms. The van der Waals surface area contributed by atoms with Gasteiger partial charge in [-0.05, 0) is 42.3 Å². The van der Waals surface area contributed by atoms with Crippen LogP contribution in [0.5, 0.6) is 5.75 Å². The Morgan fingerprint density at radius 1 is 1.04 bits per heavy atom. The van der Waals surface area contributed by atoms with Crippen LogP contribution in [0.25, 0.3) is 0 Å². The number of rotatable bonds is 8. The maximum atomic E-state index is 12.9. The fourth-order valence-corrected chi connectivity index (χ4v) is 4.39. The smallest absolute Gasteiger partial charge is 0.255 e. The van der Waals surface area contributed by atoms with Gasteiger partial charge in [0.15, 0.2) is 0 Å². The Morgan fingerprint density at radius 2 is 1.67 bits per heavy atom. The zero-order valence-corrected chi connectivity index (χ0v) is 17.0. The molecule has 0 bridgehead atoms. The molecule has 2 aromatic rings. The number of benzene rings is 2. The molecule has 0 spiro atoms. The van der Waals surface area contributed by atoms with E-state index in [0.29, 0.717) is 18.8 Å². The van der Waals surface area contributed by atoms with Gasteiger partial charge in [-0.15, -0.1) is 0 Å². The zero-order chi connectivity index (χ0) is 20.0. The molecule has 0 fully saturated rings. The molecule has 0 unspecified atom stereocenters. The topological polar surface area (TPSA) is 75.7 Å². The molecular formula is C20H26N2O4S. The molecule has 0 aliphatic carbocycles. The van der Waals surface area contributed by atoms with Crippen molar-refractivity contribution < 1.29 is 17.9 Å². The summed E-state index contributed by atoms with van der Waals surface area (Å²) in [6.45, 7) is 6.27. The first-order valence-electron chi connectivity index (χ1n) is 8.95. The second-order valence-electron chi connectivity index (χ2n) is 5.96. The summed E-state index contributed by atoms with van der Waals surface area (Å²) in [5.74, 6) is -0.163. The SMILES string of the molecule is CCc1ccc(NC(=O)c2ccc(OC)c(S(=O)(=O)N(CC)CC)c2)cc1. The van der Waals surface area contributed by atoms with Crippen molar-refractivity contribution in [2.24, 2.45) is 0 Å². The minimum Gasteiger partial charge on any atom is -0.495 e. The minimum absolute atomic E-state index is 0.0114. The van der Waals surface area contributed by atoms with Gasteiger partial charge in [-0.3, -0.25) is 4.79 Å². The highest BCUT2D eigenvalue weighted by atomic mass is 32.2. The van der Waals surface area contributed by atoms with E-state index in [1.807, 2.05) is 24.3 Å².